The van der Waals surface area contributed by atoms with Crippen LogP contribution in [0.1, 0.15) is 39.7 Å². The molecule has 0 aliphatic carbocycles. The summed E-state index contributed by atoms with van der Waals surface area (Å²) in [5.74, 6) is 0.666. The Morgan fingerprint density at radius 1 is 1.14 bits per heavy atom. The molecule has 3 aromatic rings. The van der Waals surface area contributed by atoms with Gasteiger partial charge in [-0.2, -0.15) is 0 Å². The number of thiophene rings is 1. The standard InChI is InChI=1S/C23H24N2O2S/c1-27-20-12-10-19(11-13-20)24-23(26)18-8-6-17(7-9-18)16-25-14-2-4-21(25)22-5-3-15-28-22/h3,5-13,15,21H,2,4,14,16H2,1H3,(H,24,26). The average molecular weight is 393 g/mol. The van der Waals surface area contributed by atoms with E-state index in [2.05, 4.69) is 39.9 Å². The van der Waals surface area contributed by atoms with Crippen molar-refractivity contribution in [2.45, 2.75) is 25.4 Å². The molecule has 1 unspecified atom stereocenters. The SMILES string of the molecule is COc1ccc(NC(=O)c2ccc(CN3CCCC3c3cccs3)cc2)cc1. The lowest BCUT2D eigenvalue weighted by Crippen LogP contribution is -2.22. The smallest absolute Gasteiger partial charge is 0.255 e. The first-order chi connectivity index (χ1) is 13.7. The first-order valence-corrected chi connectivity index (χ1v) is 10.4. The van der Waals surface area contributed by atoms with Gasteiger partial charge in [0.15, 0.2) is 0 Å². The summed E-state index contributed by atoms with van der Waals surface area (Å²) >= 11 is 1.84. The predicted octanol–water partition coefficient (Wildman–Crippen LogP) is 5.35. The highest BCUT2D eigenvalue weighted by Gasteiger charge is 2.26. The second kappa shape index (κ2) is 8.59. The van der Waals surface area contributed by atoms with Crippen LogP contribution < -0.4 is 10.1 Å². The molecule has 1 amide bonds. The third-order valence-electron chi connectivity index (χ3n) is 5.18. The zero-order chi connectivity index (χ0) is 19.3. The molecule has 0 saturated carbocycles. The molecule has 0 spiro atoms. The summed E-state index contributed by atoms with van der Waals surface area (Å²) in [6.07, 6.45) is 2.47. The normalized spacial score (nSPS) is 16.8. The van der Waals surface area contributed by atoms with E-state index in [9.17, 15) is 4.79 Å². The molecule has 144 valence electrons. The number of anilines is 1. The summed E-state index contributed by atoms with van der Waals surface area (Å²) in [4.78, 5) is 16.5. The number of methoxy groups -OCH3 is 1. The van der Waals surface area contributed by atoms with E-state index in [4.69, 9.17) is 4.74 Å². The van der Waals surface area contributed by atoms with E-state index >= 15 is 0 Å². The van der Waals surface area contributed by atoms with Crippen molar-refractivity contribution in [3.63, 3.8) is 0 Å². The molecule has 0 bridgehead atoms. The minimum absolute atomic E-state index is 0.102. The molecular formula is C23H24N2O2S. The fourth-order valence-corrected chi connectivity index (χ4v) is 4.59. The molecule has 2 aromatic carbocycles. The van der Waals surface area contributed by atoms with Crippen LogP contribution in [0.3, 0.4) is 0 Å². The van der Waals surface area contributed by atoms with Gasteiger partial charge in [-0.15, -0.1) is 11.3 Å². The quantitative estimate of drug-likeness (QED) is 0.615. The Morgan fingerprint density at radius 3 is 2.61 bits per heavy atom. The Morgan fingerprint density at radius 2 is 1.93 bits per heavy atom. The van der Waals surface area contributed by atoms with Gasteiger partial charge in [-0.05, 0) is 72.8 Å². The Labute approximate surface area is 169 Å². The zero-order valence-electron chi connectivity index (χ0n) is 15.9. The number of amides is 1. The Bertz CT molecular complexity index is 905. The first-order valence-electron chi connectivity index (χ1n) is 9.55. The third kappa shape index (κ3) is 4.26. The Hall–Kier alpha value is -2.63. The van der Waals surface area contributed by atoms with Crippen LogP contribution >= 0.6 is 11.3 Å². The van der Waals surface area contributed by atoms with Crippen molar-refractivity contribution in [2.75, 3.05) is 19.0 Å². The van der Waals surface area contributed by atoms with E-state index in [0.717, 1.165) is 24.5 Å². The zero-order valence-corrected chi connectivity index (χ0v) is 16.7. The number of hydrogen-bond acceptors (Lipinski definition) is 4. The maximum absolute atomic E-state index is 12.5. The lowest BCUT2D eigenvalue weighted by Gasteiger charge is -2.23. The van der Waals surface area contributed by atoms with Crippen LogP contribution in [-0.2, 0) is 6.54 Å². The van der Waals surface area contributed by atoms with Crippen LogP contribution in [0.4, 0.5) is 5.69 Å². The second-order valence-electron chi connectivity index (χ2n) is 7.02. The minimum atomic E-state index is -0.102. The van der Waals surface area contributed by atoms with Crippen LogP contribution in [-0.4, -0.2) is 24.5 Å². The number of carbonyl (C=O) groups is 1. The van der Waals surface area contributed by atoms with Gasteiger partial charge in [0.25, 0.3) is 5.91 Å². The molecule has 1 fully saturated rings. The van der Waals surface area contributed by atoms with Crippen molar-refractivity contribution in [3.8, 4) is 5.75 Å². The molecule has 5 heteroatoms. The molecule has 2 heterocycles. The molecule has 1 aliphatic rings. The second-order valence-corrected chi connectivity index (χ2v) is 8.00. The molecule has 4 nitrogen and oxygen atoms in total. The fourth-order valence-electron chi connectivity index (χ4n) is 3.69. The van der Waals surface area contributed by atoms with Crippen molar-refractivity contribution in [1.29, 1.82) is 0 Å². The molecule has 0 radical (unpaired) electrons. The third-order valence-corrected chi connectivity index (χ3v) is 6.16. The van der Waals surface area contributed by atoms with Crippen molar-refractivity contribution in [1.82, 2.24) is 4.90 Å². The van der Waals surface area contributed by atoms with Gasteiger partial charge in [-0.25, -0.2) is 0 Å². The molecule has 4 rings (SSSR count). The van der Waals surface area contributed by atoms with Crippen molar-refractivity contribution >= 4 is 22.9 Å². The predicted molar refractivity (Wildman–Crippen MR) is 114 cm³/mol. The van der Waals surface area contributed by atoms with E-state index in [0.29, 0.717) is 11.6 Å². The fraction of sp³-hybridized carbons (Fsp3) is 0.261. The van der Waals surface area contributed by atoms with E-state index in [1.807, 2.05) is 47.7 Å². The highest BCUT2D eigenvalue weighted by atomic mass is 32.1. The largest absolute Gasteiger partial charge is 0.497 e. The van der Waals surface area contributed by atoms with Gasteiger partial charge in [0, 0.05) is 28.7 Å². The molecule has 28 heavy (non-hydrogen) atoms. The Kier molecular flexibility index (Phi) is 5.74. The van der Waals surface area contributed by atoms with Gasteiger partial charge in [0.2, 0.25) is 0 Å². The van der Waals surface area contributed by atoms with Crippen LogP contribution in [0.25, 0.3) is 0 Å². The molecule has 1 atom stereocenters. The number of benzene rings is 2. The molecule has 1 saturated heterocycles. The summed E-state index contributed by atoms with van der Waals surface area (Å²) in [5.41, 5.74) is 2.66. The van der Waals surface area contributed by atoms with Gasteiger partial charge in [0.1, 0.15) is 5.75 Å². The van der Waals surface area contributed by atoms with E-state index < -0.39 is 0 Å². The average Bonchev–Trinajstić information content (AvgIpc) is 3.41. The molecule has 1 N–H and O–H groups in total. The van der Waals surface area contributed by atoms with Crippen molar-refractivity contribution in [3.05, 3.63) is 82.0 Å². The number of nitrogens with zero attached hydrogens (tertiary/aromatic N) is 1. The van der Waals surface area contributed by atoms with Crippen LogP contribution in [0.15, 0.2) is 66.0 Å². The number of carbonyl (C=O) groups excluding carboxylic acids is 1. The number of likely N-dealkylation sites (tertiary alicyclic amines) is 1. The number of nitrogens with one attached hydrogen (secondary N) is 1. The Balaban J connectivity index is 1.38. The minimum Gasteiger partial charge on any atom is -0.497 e. The lowest BCUT2D eigenvalue weighted by molar-refractivity contribution is 0.102. The summed E-state index contributed by atoms with van der Waals surface area (Å²) in [6, 6.07) is 20.2. The molecule has 1 aromatic heterocycles. The van der Waals surface area contributed by atoms with E-state index in [-0.39, 0.29) is 5.91 Å². The lowest BCUT2D eigenvalue weighted by atomic mass is 10.1. The van der Waals surface area contributed by atoms with Crippen LogP contribution in [0.2, 0.25) is 0 Å². The molecule has 1 aliphatic heterocycles. The number of hydrogen-bond donors (Lipinski definition) is 1. The summed E-state index contributed by atoms with van der Waals surface area (Å²) < 4.78 is 5.14. The van der Waals surface area contributed by atoms with E-state index in [1.54, 1.807) is 7.11 Å². The topological polar surface area (TPSA) is 41.6 Å². The van der Waals surface area contributed by atoms with Crippen molar-refractivity contribution < 1.29 is 9.53 Å². The number of ether oxygens (including phenoxy) is 1. The maximum atomic E-state index is 12.5. The first kappa shape index (κ1) is 18.7. The summed E-state index contributed by atoms with van der Waals surface area (Å²) in [5, 5.41) is 5.08. The van der Waals surface area contributed by atoms with Gasteiger partial charge in [-0.3, -0.25) is 9.69 Å². The van der Waals surface area contributed by atoms with Crippen LogP contribution in [0, 0.1) is 0 Å². The van der Waals surface area contributed by atoms with Gasteiger partial charge in [0.05, 0.1) is 7.11 Å². The molecular weight excluding hydrogens is 368 g/mol. The monoisotopic (exact) mass is 392 g/mol. The summed E-state index contributed by atoms with van der Waals surface area (Å²) in [6.45, 7) is 2.05. The summed E-state index contributed by atoms with van der Waals surface area (Å²) in [7, 11) is 1.62. The van der Waals surface area contributed by atoms with Crippen LogP contribution in [0.5, 0.6) is 5.75 Å². The van der Waals surface area contributed by atoms with E-state index in [1.165, 1.54) is 23.3 Å². The highest BCUT2D eigenvalue weighted by Crippen LogP contribution is 2.35. The van der Waals surface area contributed by atoms with Gasteiger partial charge in [-0.1, -0.05) is 18.2 Å². The maximum Gasteiger partial charge on any atom is 0.255 e. The van der Waals surface area contributed by atoms with Gasteiger partial charge < -0.3 is 10.1 Å². The van der Waals surface area contributed by atoms with Gasteiger partial charge >= 0.3 is 0 Å². The highest BCUT2D eigenvalue weighted by molar-refractivity contribution is 7.10. The number of rotatable bonds is 6. The van der Waals surface area contributed by atoms with Crippen molar-refractivity contribution in [2.24, 2.45) is 0 Å².